The number of nitrogens with zero attached hydrogens (tertiary/aromatic N) is 2. The van der Waals surface area contributed by atoms with Gasteiger partial charge < -0.3 is 4.74 Å². The molecule has 1 amide bonds. The molecule has 0 saturated carbocycles. The number of aryl methyl sites for hydroxylation is 1. The van der Waals surface area contributed by atoms with E-state index in [9.17, 15) is 9.59 Å². The smallest absolute Gasteiger partial charge is 0.338 e. The van der Waals surface area contributed by atoms with E-state index >= 15 is 0 Å². The molecule has 1 atom stereocenters. The fraction of sp³-hybridized carbons (Fsp3) is 0.182. The van der Waals surface area contributed by atoms with Gasteiger partial charge in [-0.05, 0) is 43.2 Å². The number of thiazole rings is 1. The van der Waals surface area contributed by atoms with Gasteiger partial charge in [0.15, 0.2) is 11.2 Å². The van der Waals surface area contributed by atoms with E-state index in [-0.39, 0.29) is 5.56 Å². The number of ether oxygens (including phenoxy) is 1. The third-order valence-electron chi connectivity index (χ3n) is 4.30. The number of carbonyl (C=O) groups excluding carboxylic acids is 2. The lowest BCUT2D eigenvalue weighted by Crippen LogP contribution is -2.29. The first-order valence-corrected chi connectivity index (χ1v) is 9.95. The molecule has 1 N–H and O–H groups in total. The molecule has 0 aliphatic carbocycles. The number of benzene rings is 2. The summed E-state index contributed by atoms with van der Waals surface area (Å²) in [5.74, 6) is -1.10. The molecular formula is C22H19N3O3S. The maximum absolute atomic E-state index is 12.3. The number of amides is 1. The van der Waals surface area contributed by atoms with Gasteiger partial charge >= 0.3 is 5.97 Å². The number of nitrogens with one attached hydrogen (secondary N) is 1. The largest absolute Gasteiger partial charge is 0.449 e. The monoisotopic (exact) mass is 405 g/mol. The van der Waals surface area contributed by atoms with E-state index in [0.717, 1.165) is 17.7 Å². The Labute approximate surface area is 172 Å². The Bertz CT molecular complexity index is 1050. The standard InChI is InChI=1S/C22H19N3O3S/c1-3-15-4-8-17(9-5-15)19-13-29-22(24-19)25-20(26)14(2)28-21(27)18-10-6-16(12-23)7-11-18/h4-11,13-14H,3H2,1-2H3,(H,24,25,26)/t14-/m1/s1. The summed E-state index contributed by atoms with van der Waals surface area (Å²) in [5.41, 5.74) is 3.71. The molecule has 0 radical (unpaired) electrons. The minimum Gasteiger partial charge on any atom is -0.449 e. The van der Waals surface area contributed by atoms with Crippen LogP contribution in [0.1, 0.15) is 35.3 Å². The van der Waals surface area contributed by atoms with Gasteiger partial charge in [0.25, 0.3) is 5.91 Å². The zero-order valence-corrected chi connectivity index (χ0v) is 16.8. The second-order valence-electron chi connectivity index (χ2n) is 6.31. The summed E-state index contributed by atoms with van der Waals surface area (Å²) in [6, 6.07) is 16.1. The van der Waals surface area contributed by atoms with Crippen LogP contribution in [-0.4, -0.2) is 23.0 Å². The molecule has 29 heavy (non-hydrogen) atoms. The molecule has 1 aromatic heterocycles. The summed E-state index contributed by atoms with van der Waals surface area (Å²) in [6.07, 6.45) is -0.0214. The second-order valence-corrected chi connectivity index (χ2v) is 7.17. The van der Waals surface area contributed by atoms with Gasteiger partial charge in [-0.2, -0.15) is 5.26 Å². The molecule has 1 heterocycles. The first-order valence-electron chi connectivity index (χ1n) is 9.07. The molecule has 146 valence electrons. The third kappa shape index (κ3) is 5.06. The minimum absolute atomic E-state index is 0.274. The van der Waals surface area contributed by atoms with Crippen molar-refractivity contribution in [3.8, 4) is 17.3 Å². The summed E-state index contributed by atoms with van der Waals surface area (Å²) < 4.78 is 5.20. The van der Waals surface area contributed by atoms with Gasteiger partial charge in [0.2, 0.25) is 0 Å². The fourth-order valence-electron chi connectivity index (χ4n) is 2.54. The van der Waals surface area contributed by atoms with Crippen molar-refractivity contribution >= 4 is 28.3 Å². The van der Waals surface area contributed by atoms with E-state index in [1.807, 2.05) is 23.6 Å². The average Bonchev–Trinajstić information content (AvgIpc) is 3.22. The molecule has 7 heteroatoms. The Morgan fingerprint density at radius 2 is 1.86 bits per heavy atom. The van der Waals surface area contributed by atoms with Crippen molar-refractivity contribution in [2.24, 2.45) is 0 Å². The maximum Gasteiger partial charge on any atom is 0.338 e. The Hall–Kier alpha value is -3.50. The zero-order chi connectivity index (χ0) is 20.8. The summed E-state index contributed by atoms with van der Waals surface area (Å²) in [4.78, 5) is 28.9. The average molecular weight is 405 g/mol. The molecule has 0 spiro atoms. The number of hydrogen-bond donors (Lipinski definition) is 1. The van der Waals surface area contributed by atoms with Gasteiger partial charge in [0.1, 0.15) is 0 Å². The van der Waals surface area contributed by atoms with E-state index in [2.05, 4.69) is 29.4 Å². The highest BCUT2D eigenvalue weighted by molar-refractivity contribution is 7.14. The van der Waals surface area contributed by atoms with E-state index in [4.69, 9.17) is 10.00 Å². The van der Waals surface area contributed by atoms with Crippen LogP contribution in [0.4, 0.5) is 5.13 Å². The first-order chi connectivity index (χ1) is 14.0. The Balaban J connectivity index is 1.59. The molecule has 0 aliphatic rings. The highest BCUT2D eigenvalue weighted by atomic mass is 32.1. The van der Waals surface area contributed by atoms with Crippen molar-refractivity contribution in [1.82, 2.24) is 4.98 Å². The Morgan fingerprint density at radius 3 is 2.48 bits per heavy atom. The lowest BCUT2D eigenvalue weighted by atomic mass is 10.1. The molecule has 0 unspecified atom stereocenters. The normalized spacial score (nSPS) is 11.3. The highest BCUT2D eigenvalue weighted by Crippen LogP contribution is 2.25. The lowest BCUT2D eigenvalue weighted by molar-refractivity contribution is -0.123. The molecule has 0 aliphatic heterocycles. The summed E-state index contributed by atoms with van der Waals surface area (Å²) in [5, 5.41) is 13.8. The van der Waals surface area contributed by atoms with Crippen molar-refractivity contribution in [1.29, 1.82) is 5.26 Å². The topological polar surface area (TPSA) is 92.1 Å². The van der Waals surface area contributed by atoms with Crippen molar-refractivity contribution in [3.05, 3.63) is 70.6 Å². The molecule has 0 saturated heterocycles. The number of carbonyl (C=O) groups is 2. The predicted molar refractivity (Wildman–Crippen MR) is 112 cm³/mol. The fourth-order valence-corrected chi connectivity index (χ4v) is 3.27. The van der Waals surface area contributed by atoms with Crippen LogP contribution in [0.3, 0.4) is 0 Å². The minimum atomic E-state index is -0.991. The van der Waals surface area contributed by atoms with Gasteiger partial charge in [-0.3, -0.25) is 10.1 Å². The summed E-state index contributed by atoms with van der Waals surface area (Å²) in [6.45, 7) is 3.59. The van der Waals surface area contributed by atoms with Gasteiger partial charge in [0.05, 0.1) is 22.9 Å². The molecule has 2 aromatic carbocycles. The van der Waals surface area contributed by atoms with E-state index in [1.165, 1.54) is 48.1 Å². The molecule has 3 rings (SSSR count). The van der Waals surface area contributed by atoms with Crippen LogP contribution in [0.5, 0.6) is 0 Å². The third-order valence-corrected chi connectivity index (χ3v) is 5.05. The van der Waals surface area contributed by atoms with E-state index in [1.54, 1.807) is 0 Å². The van der Waals surface area contributed by atoms with Gasteiger partial charge in [-0.25, -0.2) is 9.78 Å². The lowest BCUT2D eigenvalue weighted by Gasteiger charge is -2.12. The second kappa shape index (κ2) is 9.13. The molecule has 3 aromatic rings. The summed E-state index contributed by atoms with van der Waals surface area (Å²) in [7, 11) is 0. The Kier molecular flexibility index (Phi) is 6.37. The number of esters is 1. The van der Waals surface area contributed by atoms with Crippen LogP contribution in [0.25, 0.3) is 11.3 Å². The van der Waals surface area contributed by atoms with Crippen molar-refractivity contribution < 1.29 is 14.3 Å². The molecule has 6 nitrogen and oxygen atoms in total. The molecule has 0 bridgehead atoms. The number of nitriles is 1. The quantitative estimate of drug-likeness (QED) is 0.613. The van der Waals surface area contributed by atoms with Crippen LogP contribution in [0.2, 0.25) is 0 Å². The van der Waals surface area contributed by atoms with Crippen LogP contribution < -0.4 is 5.32 Å². The van der Waals surface area contributed by atoms with Gasteiger partial charge in [-0.15, -0.1) is 11.3 Å². The van der Waals surface area contributed by atoms with Crippen LogP contribution in [0, 0.1) is 11.3 Å². The first kappa shape index (κ1) is 20.2. The van der Waals surface area contributed by atoms with Crippen molar-refractivity contribution in [2.75, 3.05) is 5.32 Å². The Morgan fingerprint density at radius 1 is 1.17 bits per heavy atom. The zero-order valence-electron chi connectivity index (χ0n) is 16.0. The van der Waals surface area contributed by atoms with Crippen molar-refractivity contribution in [3.63, 3.8) is 0 Å². The molecular weight excluding hydrogens is 386 g/mol. The summed E-state index contributed by atoms with van der Waals surface area (Å²) >= 11 is 1.31. The van der Waals surface area contributed by atoms with Crippen LogP contribution in [-0.2, 0) is 16.0 Å². The van der Waals surface area contributed by atoms with Gasteiger partial charge in [0, 0.05) is 10.9 Å². The highest BCUT2D eigenvalue weighted by Gasteiger charge is 2.20. The van der Waals surface area contributed by atoms with E-state index in [0.29, 0.717) is 10.7 Å². The SMILES string of the molecule is CCc1ccc(-c2csc(NC(=O)[C@@H](C)OC(=O)c3ccc(C#N)cc3)n2)cc1. The van der Waals surface area contributed by atoms with Crippen LogP contribution >= 0.6 is 11.3 Å². The number of hydrogen-bond acceptors (Lipinski definition) is 6. The number of aromatic nitrogens is 1. The van der Waals surface area contributed by atoms with E-state index < -0.39 is 18.0 Å². The maximum atomic E-state index is 12.3. The number of anilines is 1. The van der Waals surface area contributed by atoms with Crippen molar-refractivity contribution in [2.45, 2.75) is 26.4 Å². The van der Waals surface area contributed by atoms with Crippen LogP contribution in [0.15, 0.2) is 53.9 Å². The predicted octanol–water partition coefficient (Wildman–Crippen LogP) is 4.43. The molecule has 0 fully saturated rings. The number of rotatable bonds is 6. The van der Waals surface area contributed by atoms with Gasteiger partial charge in [-0.1, -0.05) is 31.2 Å².